The van der Waals surface area contributed by atoms with Crippen molar-refractivity contribution < 1.29 is 9.21 Å². The minimum absolute atomic E-state index is 0.185. The van der Waals surface area contributed by atoms with Crippen LogP contribution in [-0.4, -0.2) is 25.7 Å². The Morgan fingerprint density at radius 1 is 1.21 bits per heavy atom. The molecule has 0 unspecified atom stereocenters. The van der Waals surface area contributed by atoms with Crippen molar-refractivity contribution >= 4 is 23.1 Å². The molecule has 0 atom stereocenters. The number of hydrogen-bond donors (Lipinski definition) is 1. The number of nitrogens with zero attached hydrogens (tertiary/aromatic N) is 4. The van der Waals surface area contributed by atoms with Crippen LogP contribution in [0.4, 0.5) is 5.82 Å². The highest BCUT2D eigenvalue weighted by Crippen LogP contribution is 2.28. The quantitative estimate of drug-likeness (QED) is 0.523. The normalized spacial score (nSPS) is 11.6. The van der Waals surface area contributed by atoms with Crippen molar-refractivity contribution in [2.24, 2.45) is 0 Å². The van der Waals surface area contributed by atoms with Crippen LogP contribution in [0.25, 0.3) is 16.6 Å². The van der Waals surface area contributed by atoms with Gasteiger partial charge in [-0.1, -0.05) is 32.9 Å². The van der Waals surface area contributed by atoms with Crippen LogP contribution < -0.4 is 5.32 Å². The number of pyridine rings is 1. The van der Waals surface area contributed by atoms with E-state index in [1.807, 2.05) is 41.8 Å². The first-order valence-corrected chi connectivity index (χ1v) is 10.1. The monoisotopic (exact) mass is 407 g/mol. The Morgan fingerprint density at radius 3 is 2.69 bits per heavy atom. The minimum atomic E-state index is -0.355. The topological polar surface area (TPSA) is 85.8 Å². The van der Waals surface area contributed by atoms with Gasteiger partial charge in [0.25, 0.3) is 5.91 Å². The predicted octanol–water partition coefficient (Wildman–Crippen LogP) is 4.84. The maximum Gasteiger partial charge on any atom is 0.279 e. The van der Waals surface area contributed by atoms with E-state index in [2.05, 4.69) is 41.2 Å². The lowest BCUT2D eigenvalue weighted by Crippen LogP contribution is -2.17. The molecule has 0 aromatic carbocycles. The molecule has 0 spiro atoms. The number of carbonyl (C=O) groups excluding carboxylic acids is 1. The second-order valence-corrected chi connectivity index (χ2v) is 8.57. The Hall–Kier alpha value is -3.26. The standard InChI is InChI=1S/C21H21N5O2S/c1-13-18(24-20(28-13)14-8-7-11-29-14)19(27)23-17-12-15(21(2,3)4)25-26(17)16-9-5-6-10-22-16/h5-12H,1-4H3,(H,23,27). The number of carbonyl (C=O) groups is 1. The van der Waals surface area contributed by atoms with Gasteiger partial charge in [0.2, 0.25) is 5.89 Å². The summed E-state index contributed by atoms with van der Waals surface area (Å²) < 4.78 is 7.33. The molecule has 0 bridgehead atoms. The highest BCUT2D eigenvalue weighted by Gasteiger charge is 2.24. The molecular formula is C21H21N5O2S. The zero-order valence-corrected chi connectivity index (χ0v) is 17.4. The van der Waals surface area contributed by atoms with E-state index in [1.54, 1.807) is 17.8 Å². The van der Waals surface area contributed by atoms with E-state index in [1.165, 1.54) is 11.3 Å². The van der Waals surface area contributed by atoms with Gasteiger partial charge in [-0.25, -0.2) is 9.97 Å². The van der Waals surface area contributed by atoms with Crippen LogP contribution in [0.15, 0.2) is 52.4 Å². The third-order valence-electron chi connectivity index (χ3n) is 4.33. The molecule has 0 aliphatic rings. The number of rotatable bonds is 4. The van der Waals surface area contributed by atoms with Gasteiger partial charge in [0.15, 0.2) is 11.5 Å². The number of thiophene rings is 1. The molecule has 29 heavy (non-hydrogen) atoms. The van der Waals surface area contributed by atoms with E-state index in [0.29, 0.717) is 23.3 Å². The number of aromatic nitrogens is 4. The lowest BCUT2D eigenvalue weighted by molar-refractivity contribution is 0.102. The summed E-state index contributed by atoms with van der Waals surface area (Å²) in [6.45, 7) is 7.94. The Labute approximate surface area is 172 Å². The zero-order valence-electron chi connectivity index (χ0n) is 16.6. The molecule has 0 fully saturated rings. The SMILES string of the molecule is Cc1oc(-c2cccs2)nc1C(=O)Nc1cc(C(C)(C)C)nn1-c1ccccn1. The van der Waals surface area contributed by atoms with E-state index in [4.69, 9.17) is 4.42 Å². The zero-order chi connectivity index (χ0) is 20.6. The third kappa shape index (κ3) is 3.84. The number of anilines is 1. The minimum Gasteiger partial charge on any atom is -0.440 e. The average Bonchev–Trinajstić information content (AvgIpc) is 3.41. The lowest BCUT2D eigenvalue weighted by Gasteiger charge is -2.13. The summed E-state index contributed by atoms with van der Waals surface area (Å²) in [4.78, 5) is 22.6. The molecule has 7 nitrogen and oxygen atoms in total. The van der Waals surface area contributed by atoms with Crippen molar-refractivity contribution in [3.05, 3.63) is 65.1 Å². The van der Waals surface area contributed by atoms with E-state index < -0.39 is 0 Å². The number of oxazole rings is 1. The second kappa shape index (κ2) is 7.29. The van der Waals surface area contributed by atoms with Gasteiger partial charge in [0.05, 0.1) is 10.6 Å². The summed E-state index contributed by atoms with van der Waals surface area (Å²) in [5.74, 6) is 1.70. The third-order valence-corrected chi connectivity index (χ3v) is 5.19. The average molecular weight is 407 g/mol. The first kappa shape index (κ1) is 19.1. The van der Waals surface area contributed by atoms with Crippen molar-refractivity contribution in [2.75, 3.05) is 5.32 Å². The summed E-state index contributed by atoms with van der Waals surface area (Å²) in [5, 5.41) is 9.52. The summed E-state index contributed by atoms with van der Waals surface area (Å²) in [7, 11) is 0. The van der Waals surface area contributed by atoms with Crippen molar-refractivity contribution in [1.29, 1.82) is 0 Å². The molecule has 4 aromatic rings. The molecule has 0 aliphatic heterocycles. The van der Waals surface area contributed by atoms with Crippen LogP contribution in [0.5, 0.6) is 0 Å². The van der Waals surface area contributed by atoms with Crippen LogP contribution >= 0.6 is 11.3 Å². The summed E-state index contributed by atoms with van der Waals surface area (Å²) in [6.07, 6.45) is 1.69. The lowest BCUT2D eigenvalue weighted by atomic mass is 9.92. The van der Waals surface area contributed by atoms with Gasteiger partial charge >= 0.3 is 0 Å². The van der Waals surface area contributed by atoms with Gasteiger partial charge < -0.3 is 9.73 Å². The molecule has 0 aliphatic carbocycles. The fourth-order valence-electron chi connectivity index (χ4n) is 2.78. The first-order chi connectivity index (χ1) is 13.8. The molecule has 148 valence electrons. The molecule has 8 heteroatoms. The smallest absolute Gasteiger partial charge is 0.279 e. The molecule has 0 radical (unpaired) electrons. The number of amides is 1. The van der Waals surface area contributed by atoms with Gasteiger partial charge in [-0.2, -0.15) is 9.78 Å². The molecule has 0 saturated carbocycles. The van der Waals surface area contributed by atoms with Gasteiger partial charge in [-0.15, -0.1) is 11.3 Å². The fraction of sp³-hybridized carbons (Fsp3) is 0.238. The molecule has 4 heterocycles. The Kier molecular flexibility index (Phi) is 4.79. The van der Waals surface area contributed by atoms with Crippen LogP contribution in [0.2, 0.25) is 0 Å². The van der Waals surface area contributed by atoms with E-state index in [9.17, 15) is 4.79 Å². The van der Waals surface area contributed by atoms with Crippen LogP contribution in [-0.2, 0) is 5.41 Å². The summed E-state index contributed by atoms with van der Waals surface area (Å²) in [5.41, 5.74) is 0.907. The maximum atomic E-state index is 13.0. The van der Waals surface area contributed by atoms with Gasteiger partial charge in [-0.3, -0.25) is 4.79 Å². The highest BCUT2D eigenvalue weighted by molar-refractivity contribution is 7.13. The largest absolute Gasteiger partial charge is 0.440 e. The van der Waals surface area contributed by atoms with Crippen molar-refractivity contribution in [2.45, 2.75) is 33.1 Å². The highest BCUT2D eigenvalue weighted by atomic mass is 32.1. The van der Waals surface area contributed by atoms with Gasteiger partial charge in [0, 0.05) is 17.7 Å². The van der Waals surface area contributed by atoms with E-state index >= 15 is 0 Å². The summed E-state index contributed by atoms with van der Waals surface area (Å²) in [6, 6.07) is 11.2. The number of hydrogen-bond acceptors (Lipinski definition) is 6. The molecular weight excluding hydrogens is 386 g/mol. The predicted molar refractivity (Wildman–Crippen MR) is 113 cm³/mol. The van der Waals surface area contributed by atoms with E-state index in [-0.39, 0.29) is 17.0 Å². The van der Waals surface area contributed by atoms with Crippen molar-refractivity contribution in [3.63, 3.8) is 0 Å². The van der Waals surface area contributed by atoms with Gasteiger partial charge in [-0.05, 0) is 30.5 Å². The van der Waals surface area contributed by atoms with Crippen molar-refractivity contribution in [3.8, 4) is 16.6 Å². The molecule has 4 rings (SSSR count). The Balaban J connectivity index is 1.69. The molecule has 0 saturated heterocycles. The van der Waals surface area contributed by atoms with Crippen LogP contribution in [0.3, 0.4) is 0 Å². The van der Waals surface area contributed by atoms with Gasteiger partial charge in [0.1, 0.15) is 11.6 Å². The Bertz CT molecular complexity index is 1140. The van der Waals surface area contributed by atoms with Crippen LogP contribution in [0.1, 0.15) is 42.7 Å². The molecule has 4 aromatic heterocycles. The summed E-state index contributed by atoms with van der Waals surface area (Å²) >= 11 is 1.51. The second-order valence-electron chi connectivity index (χ2n) is 7.62. The van der Waals surface area contributed by atoms with Crippen molar-refractivity contribution in [1.82, 2.24) is 19.7 Å². The Morgan fingerprint density at radius 2 is 2.03 bits per heavy atom. The molecule has 1 amide bonds. The fourth-order valence-corrected chi connectivity index (χ4v) is 3.43. The van der Waals surface area contributed by atoms with E-state index in [0.717, 1.165) is 10.6 Å². The first-order valence-electron chi connectivity index (χ1n) is 9.17. The number of nitrogens with one attached hydrogen (secondary N) is 1. The van der Waals surface area contributed by atoms with Crippen LogP contribution in [0, 0.1) is 6.92 Å². The maximum absolute atomic E-state index is 13.0. The number of aryl methyl sites for hydroxylation is 1. The molecule has 1 N–H and O–H groups in total.